The van der Waals surface area contributed by atoms with Crippen molar-refractivity contribution in [3.63, 3.8) is 0 Å². The molecule has 1 heterocycles. The maximum atomic E-state index is 6.21. The van der Waals surface area contributed by atoms with Gasteiger partial charge in [-0.05, 0) is 29.7 Å². The zero-order valence-corrected chi connectivity index (χ0v) is 12.4. The first kappa shape index (κ1) is 13.0. The van der Waals surface area contributed by atoms with Gasteiger partial charge in [-0.25, -0.2) is 4.98 Å². The second-order valence-electron chi connectivity index (χ2n) is 5.48. The summed E-state index contributed by atoms with van der Waals surface area (Å²) in [4.78, 5) is 4.67. The number of thiazole rings is 1. The molecule has 106 valence electrons. The summed E-state index contributed by atoms with van der Waals surface area (Å²) in [7, 11) is 0. The lowest BCUT2D eigenvalue weighted by Crippen LogP contribution is -2.19. The Morgan fingerprint density at radius 1 is 1.10 bits per heavy atom. The Labute approximate surface area is 127 Å². The van der Waals surface area contributed by atoms with Gasteiger partial charge in [-0.3, -0.25) is 0 Å². The highest BCUT2D eigenvalue weighted by atomic mass is 32.1. The molecule has 4 rings (SSSR count). The zero-order valence-electron chi connectivity index (χ0n) is 11.6. The Bertz CT molecular complexity index is 747. The number of nitrogens with two attached hydrogens (primary N) is 1. The van der Waals surface area contributed by atoms with Gasteiger partial charge in [-0.1, -0.05) is 36.4 Å². The molecular weight excluding hydrogens is 278 g/mol. The molecule has 1 aliphatic carbocycles. The summed E-state index contributed by atoms with van der Waals surface area (Å²) >= 11 is 1.76. The normalized spacial score (nSPS) is 20.8. The molecule has 0 aliphatic heterocycles. The van der Waals surface area contributed by atoms with Gasteiger partial charge in [0.1, 0.15) is 5.01 Å². The maximum absolute atomic E-state index is 6.21. The predicted molar refractivity (Wildman–Crippen MR) is 87.2 cm³/mol. The molecule has 2 aromatic carbocycles. The third-order valence-electron chi connectivity index (χ3n) is 4.10. The molecule has 0 amide bonds. The second kappa shape index (κ2) is 5.22. The second-order valence-corrected chi connectivity index (χ2v) is 6.60. The molecule has 3 aromatic rings. The Kier molecular flexibility index (Phi) is 3.22. The van der Waals surface area contributed by atoms with Crippen molar-refractivity contribution in [3.8, 4) is 0 Å². The molecule has 1 aliphatic rings. The molecule has 2 unspecified atom stereocenters. The molecule has 0 radical (unpaired) electrons. The van der Waals surface area contributed by atoms with E-state index in [1.54, 1.807) is 11.3 Å². The molecule has 1 aromatic heterocycles. The molecule has 4 heteroatoms. The highest BCUT2D eigenvalue weighted by Gasteiger charge is 2.27. The van der Waals surface area contributed by atoms with Gasteiger partial charge in [0.15, 0.2) is 0 Å². The topological polar surface area (TPSA) is 50.9 Å². The van der Waals surface area contributed by atoms with Crippen LogP contribution in [0.2, 0.25) is 0 Å². The van der Waals surface area contributed by atoms with Crippen molar-refractivity contribution in [1.82, 2.24) is 10.3 Å². The SMILES string of the molecule is NC1CC(NCc2nc3ccccc3s2)c2ccccc21. The van der Waals surface area contributed by atoms with Crippen molar-refractivity contribution in [3.05, 3.63) is 64.7 Å². The summed E-state index contributed by atoms with van der Waals surface area (Å²) in [5.41, 5.74) is 9.92. The first-order valence-electron chi connectivity index (χ1n) is 7.23. The predicted octanol–water partition coefficient (Wildman–Crippen LogP) is 3.53. The molecule has 0 saturated carbocycles. The van der Waals surface area contributed by atoms with Crippen LogP contribution in [0, 0.1) is 0 Å². The monoisotopic (exact) mass is 295 g/mol. The minimum absolute atomic E-state index is 0.147. The van der Waals surface area contributed by atoms with Crippen LogP contribution in [0.15, 0.2) is 48.5 Å². The van der Waals surface area contributed by atoms with E-state index in [0.29, 0.717) is 6.04 Å². The number of rotatable bonds is 3. The highest BCUT2D eigenvalue weighted by Crippen LogP contribution is 2.37. The summed E-state index contributed by atoms with van der Waals surface area (Å²) in [5, 5.41) is 4.75. The lowest BCUT2D eigenvalue weighted by molar-refractivity contribution is 0.498. The van der Waals surface area contributed by atoms with Crippen molar-refractivity contribution in [2.75, 3.05) is 0 Å². The standard InChI is InChI=1S/C17H17N3S/c18-13-9-15(12-6-2-1-5-11(12)13)19-10-17-20-14-7-3-4-8-16(14)21-17/h1-8,13,15,19H,9-10,18H2. The van der Waals surface area contributed by atoms with E-state index < -0.39 is 0 Å². The fourth-order valence-electron chi connectivity index (χ4n) is 3.07. The Morgan fingerprint density at radius 2 is 1.86 bits per heavy atom. The molecule has 0 bridgehead atoms. The maximum Gasteiger partial charge on any atom is 0.108 e. The van der Waals surface area contributed by atoms with E-state index in [1.807, 2.05) is 6.07 Å². The Balaban J connectivity index is 1.52. The van der Waals surface area contributed by atoms with Crippen LogP contribution in [0.1, 0.15) is 34.6 Å². The van der Waals surface area contributed by atoms with E-state index in [4.69, 9.17) is 5.73 Å². The average Bonchev–Trinajstić information content (AvgIpc) is 3.07. The molecule has 3 nitrogen and oxygen atoms in total. The largest absolute Gasteiger partial charge is 0.324 e. The van der Waals surface area contributed by atoms with Crippen LogP contribution < -0.4 is 11.1 Å². The molecule has 0 spiro atoms. The number of fused-ring (bicyclic) bond motifs is 2. The van der Waals surface area contributed by atoms with E-state index in [0.717, 1.165) is 23.5 Å². The molecule has 0 fully saturated rings. The Morgan fingerprint density at radius 3 is 2.71 bits per heavy atom. The summed E-state index contributed by atoms with van der Waals surface area (Å²) in [6.45, 7) is 0.797. The first-order valence-corrected chi connectivity index (χ1v) is 8.05. The minimum atomic E-state index is 0.147. The first-order chi connectivity index (χ1) is 10.3. The van der Waals surface area contributed by atoms with E-state index in [-0.39, 0.29) is 6.04 Å². The smallest absolute Gasteiger partial charge is 0.108 e. The van der Waals surface area contributed by atoms with E-state index in [1.165, 1.54) is 15.8 Å². The van der Waals surface area contributed by atoms with Gasteiger partial charge in [0, 0.05) is 18.6 Å². The molecule has 21 heavy (non-hydrogen) atoms. The van der Waals surface area contributed by atoms with Gasteiger partial charge < -0.3 is 11.1 Å². The van der Waals surface area contributed by atoms with E-state index in [2.05, 4.69) is 52.8 Å². The lowest BCUT2D eigenvalue weighted by atomic mass is 10.1. The van der Waals surface area contributed by atoms with Gasteiger partial charge in [0.05, 0.1) is 10.2 Å². The van der Waals surface area contributed by atoms with Crippen molar-refractivity contribution in [2.24, 2.45) is 5.73 Å². The minimum Gasteiger partial charge on any atom is -0.324 e. The number of aromatic nitrogens is 1. The molecule has 2 atom stereocenters. The molecule has 0 saturated heterocycles. The van der Waals surface area contributed by atoms with Crippen LogP contribution in [-0.2, 0) is 6.54 Å². The number of nitrogens with zero attached hydrogens (tertiary/aromatic N) is 1. The van der Waals surface area contributed by atoms with Crippen molar-refractivity contribution in [2.45, 2.75) is 25.0 Å². The van der Waals surface area contributed by atoms with Gasteiger partial charge >= 0.3 is 0 Å². The van der Waals surface area contributed by atoms with Gasteiger partial charge in [0.2, 0.25) is 0 Å². The third-order valence-corrected chi connectivity index (χ3v) is 5.13. The van der Waals surface area contributed by atoms with Crippen LogP contribution in [0.3, 0.4) is 0 Å². The van der Waals surface area contributed by atoms with E-state index >= 15 is 0 Å². The number of nitrogens with one attached hydrogen (secondary N) is 1. The number of hydrogen-bond donors (Lipinski definition) is 2. The van der Waals surface area contributed by atoms with Crippen LogP contribution in [-0.4, -0.2) is 4.98 Å². The summed E-state index contributed by atoms with van der Waals surface area (Å²) < 4.78 is 1.25. The summed E-state index contributed by atoms with van der Waals surface area (Å²) in [6.07, 6.45) is 0.963. The van der Waals surface area contributed by atoms with E-state index in [9.17, 15) is 0 Å². The molecular formula is C17H17N3S. The molecule has 3 N–H and O–H groups in total. The zero-order chi connectivity index (χ0) is 14.2. The van der Waals surface area contributed by atoms with Gasteiger partial charge in [-0.2, -0.15) is 0 Å². The highest BCUT2D eigenvalue weighted by molar-refractivity contribution is 7.18. The summed E-state index contributed by atoms with van der Waals surface area (Å²) in [5.74, 6) is 0. The van der Waals surface area contributed by atoms with Crippen LogP contribution in [0.5, 0.6) is 0 Å². The van der Waals surface area contributed by atoms with Crippen molar-refractivity contribution < 1.29 is 0 Å². The fourth-order valence-corrected chi connectivity index (χ4v) is 3.99. The third kappa shape index (κ3) is 2.35. The van der Waals surface area contributed by atoms with Gasteiger partial charge in [0.25, 0.3) is 0 Å². The Hall–Kier alpha value is -1.75. The van der Waals surface area contributed by atoms with Gasteiger partial charge in [-0.15, -0.1) is 11.3 Å². The summed E-state index contributed by atoms with van der Waals surface area (Å²) in [6, 6.07) is 17.2. The van der Waals surface area contributed by atoms with Crippen LogP contribution in [0.4, 0.5) is 0 Å². The lowest BCUT2D eigenvalue weighted by Gasteiger charge is -2.12. The van der Waals surface area contributed by atoms with Crippen molar-refractivity contribution in [1.29, 1.82) is 0 Å². The average molecular weight is 295 g/mol. The number of benzene rings is 2. The van der Waals surface area contributed by atoms with Crippen LogP contribution in [0.25, 0.3) is 10.2 Å². The number of para-hydroxylation sites is 1. The quantitative estimate of drug-likeness (QED) is 0.777. The van der Waals surface area contributed by atoms with Crippen LogP contribution >= 0.6 is 11.3 Å². The number of hydrogen-bond acceptors (Lipinski definition) is 4. The van der Waals surface area contributed by atoms with Crippen molar-refractivity contribution >= 4 is 21.6 Å². The fraction of sp³-hybridized carbons (Fsp3) is 0.235.